The average Bonchev–Trinajstić information content (AvgIpc) is 3.07. The Bertz CT molecular complexity index is 699. The van der Waals surface area contributed by atoms with E-state index in [-0.39, 0.29) is 11.9 Å². The van der Waals surface area contributed by atoms with Crippen molar-refractivity contribution in [1.82, 2.24) is 14.8 Å². The number of aryl methyl sites for hydroxylation is 1. The number of carbonyl (C=O) groups excluding carboxylic acids is 1. The normalized spacial score (nSPS) is 17.8. The van der Waals surface area contributed by atoms with Crippen LogP contribution in [0.25, 0.3) is 0 Å². The van der Waals surface area contributed by atoms with Crippen LogP contribution in [0.4, 0.5) is 11.5 Å². The third-order valence-corrected chi connectivity index (χ3v) is 3.42. The van der Waals surface area contributed by atoms with E-state index >= 15 is 0 Å². The number of nitrogens with zero attached hydrogens (tertiary/aromatic N) is 5. The molecule has 0 aromatic carbocycles. The SMILES string of the molecule is Cn1cc(N2CCC(Nc3ccc(C#N)cn3)C2=O)cn1. The summed E-state index contributed by atoms with van der Waals surface area (Å²) >= 11 is 0. The van der Waals surface area contributed by atoms with Gasteiger partial charge in [-0.15, -0.1) is 0 Å². The first-order chi connectivity index (χ1) is 10.2. The molecule has 106 valence electrons. The molecule has 1 amide bonds. The lowest BCUT2D eigenvalue weighted by atomic mass is 10.2. The molecule has 21 heavy (non-hydrogen) atoms. The lowest BCUT2D eigenvalue weighted by Crippen LogP contribution is -2.33. The van der Waals surface area contributed by atoms with Crippen molar-refractivity contribution in [3.63, 3.8) is 0 Å². The second kappa shape index (κ2) is 5.25. The first kappa shape index (κ1) is 13.1. The van der Waals surface area contributed by atoms with Gasteiger partial charge in [0, 0.05) is 26.0 Å². The number of anilines is 2. The van der Waals surface area contributed by atoms with Crippen molar-refractivity contribution >= 4 is 17.4 Å². The van der Waals surface area contributed by atoms with Gasteiger partial charge >= 0.3 is 0 Å². The largest absolute Gasteiger partial charge is 0.358 e. The van der Waals surface area contributed by atoms with Crippen molar-refractivity contribution in [2.24, 2.45) is 7.05 Å². The summed E-state index contributed by atoms with van der Waals surface area (Å²) in [5.74, 6) is 0.606. The van der Waals surface area contributed by atoms with Crippen molar-refractivity contribution in [1.29, 1.82) is 5.26 Å². The number of amides is 1. The van der Waals surface area contributed by atoms with E-state index < -0.39 is 0 Å². The fraction of sp³-hybridized carbons (Fsp3) is 0.286. The number of nitriles is 1. The fourth-order valence-corrected chi connectivity index (χ4v) is 2.34. The molecule has 1 fully saturated rings. The molecule has 0 saturated carbocycles. The third kappa shape index (κ3) is 2.56. The number of pyridine rings is 1. The van der Waals surface area contributed by atoms with Crippen molar-refractivity contribution < 1.29 is 4.79 Å². The molecule has 1 N–H and O–H groups in total. The van der Waals surface area contributed by atoms with Gasteiger partial charge in [0.25, 0.3) is 0 Å². The average molecular weight is 282 g/mol. The molecule has 0 bridgehead atoms. The van der Waals surface area contributed by atoms with E-state index in [1.165, 1.54) is 6.20 Å². The highest BCUT2D eigenvalue weighted by Gasteiger charge is 2.33. The highest BCUT2D eigenvalue weighted by atomic mass is 16.2. The first-order valence-electron chi connectivity index (χ1n) is 6.60. The molecule has 0 radical (unpaired) electrons. The number of carbonyl (C=O) groups is 1. The smallest absolute Gasteiger partial charge is 0.249 e. The van der Waals surface area contributed by atoms with E-state index in [1.807, 2.05) is 19.3 Å². The monoisotopic (exact) mass is 282 g/mol. The Morgan fingerprint density at radius 2 is 2.29 bits per heavy atom. The van der Waals surface area contributed by atoms with Crippen molar-refractivity contribution in [3.05, 3.63) is 36.3 Å². The van der Waals surface area contributed by atoms with Crippen molar-refractivity contribution in [3.8, 4) is 6.07 Å². The Balaban J connectivity index is 1.70. The van der Waals surface area contributed by atoms with Crippen LogP contribution < -0.4 is 10.2 Å². The van der Waals surface area contributed by atoms with Crippen LogP contribution in [0.1, 0.15) is 12.0 Å². The molecule has 7 heteroatoms. The summed E-state index contributed by atoms with van der Waals surface area (Å²) in [5.41, 5.74) is 1.30. The summed E-state index contributed by atoms with van der Waals surface area (Å²) in [6.45, 7) is 0.651. The molecular weight excluding hydrogens is 268 g/mol. The lowest BCUT2D eigenvalue weighted by Gasteiger charge is -2.15. The summed E-state index contributed by atoms with van der Waals surface area (Å²) < 4.78 is 1.67. The van der Waals surface area contributed by atoms with Crippen LogP contribution in [0, 0.1) is 11.3 Å². The predicted octanol–water partition coefficient (Wildman–Crippen LogP) is 0.904. The summed E-state index contributed by atoms with van der Waals surface area (Å²) in [5, 5.41) is 15.9. The van der Waals surface area contributed by atoms with E-state index in [4.69, 9.17) is 5.26 Å². The highest BCUT2D eigenvalue weighted by molar-refractivity contribution is 6.00. The Kier molecular flexibility index (Phi) is 3.28. The zero-order valence-corrected chi connectivity index (χ0v) is 11.5. The maximum absolute atomic E-state index is 12.4. The van der Waals surface area contributed by atoms with Crippen molar-refractivity contribution in [2.45, 2.75) is 12.5 Å². The Hall–Kier alpha value is -2.88. The van der Waals surface area contributed by atoms with Gasteiger partial charge in [0.1, 0.15) is 17.9 Å². The van der Waals surface area contributed by atoms with Crippen LogP contribution >= 0.6 is 0 Å². The maximum Gasteiger partial charge on any atom is 0.249 e. The van der Waals surface area contributed by atoms with Crippen LogP contribution in [0.2, 0.25) is 0 Å². The summed E-state index contributed by atoms with van der Waals surface area (Å²) in [6, 6.07) is 5.09. The second-order valence-corrected chi connectivity index (χ2v) is 4.89. The van der Waals surface area contributed by atoms with Gasteiger partial charge in [-0.1, -0.05) is 0 Å². The number of aromatic nitrogens is 3. The van der Waals surface area contributed by atoms with Crippen LogP contribution in [0.5, 0.6) is 0 Å². The van der Waals surface area contributed by atoms with E-state index in [9.17, 15) is 4.79 Å². The molecule has 3 heterocycles. The van der Waals surface area contributed by atoms with Gasteiger partial charge in [0.15, 0.2) is 0 Å². The molecular formula is C14H14N6O. The predicted molar refractivity (Wildman–Crippen MR) is 76.5 cm³/mol. The molecule has 2 aromatic rings. The van der Waals surface area contributed by atoms with Gasteiger partial charge in [-0.3, -0.25) is 9.48 Å². The fourth-order valence-electron chi connectivity index (χ4n) is 2.34. The molecule has 1 atom stereocenters. The summed E-state index contributed by atoms with van der Waals surface area (Å²) in [6.07, 6.45) is 5.69. The molecule has 1 aliphatic heterocycles. The van der Waals surface area contributed by atoms with Gasteiger partial charge in [0.2, 0.25) is 5.91 Å². The molecule has 0 aliphatic carbocycles. The number of rotatable bonds is 3. The minimum atomic E-state index is -0.300. The standard InChI is InChI=1S/C14H14N6O/c1-19-9-11(8-17-19)20-5-4-12(14(20)21)18-13-3-2-10(6-15)7-16-13/h2-3,7-9,12H,4-5H2,1H3,(H,16,18). The van der Waals surface area contributed by atoms with Gasteiger partial charge in [-0.05, 0) is 18.6 Å². The third-order valence-electron chi connectivity index (χ3n) is 3.42. The van der Waals surface area contributed by atoms with Crippen LogP contribution in [-0.4, -0.2) is 33.3 Å². The lowest BCUT2D eigenvalue weighted by molar-refractivity contribution is -0.117. The minimum Gasteiger partial charge on any atom is -0.358 e. The molecule has 1 saturated heterocycles. The van der Waals surface area contributed by atoms with Gasteiger partial charge in [-0.2, -0.15) is 10.4 Å². The highest BCUT2D eigenvalue weighted by Crippen LogP contribution is 2.22. The molecule has 1 unspecified atom stereocenters. The van der Waals surface area contributed by atoms with Gasteiger partial charge < -0.3 is 10.2 Å². The van der Waals surface area contributed by atoms with E-state index in [0.29, 0.717) is 24.3 Å². The van der Waals surface area contributed by atoms with Crippen molar-refractivity contribution in [2.75, 3.05) is 16.8 Å². The topological polar surface area (TPSA) is 86.8 Å². The second-order valence-electron chi connectivity index (χ2n) is 4.89. The molecule has 2 aromatic heterocycles. The van der Waals surface area contributed by atoms with E-state index in [0.717, 1.165) is 5.69 Å². The maximum atomic E-state index is 12.4. The molecule has 0 spiro atoms. The Morgan fingerprint density at radius 1 is 1.43 bits per heavy atom. The molecule has 3 rings (SSSR count). The zero-order chi connectivity index (χ0) is 14.8. The van der Waals surface area contributed by atoms with Crippen LogP contribution in [0.15, 0.2) is 30.7 Å². The van der Waals surface area contributed by atoms with Gasteiger partial charge in [-0.25, -0.2) is 4.98 Å². The van der Waals surface area contributed by atoms with E-state index in [2.05, 4.69) is 15.4 Å². The minimum absolute atomic E-state index is 0.00848. The van der Waals surface area contributed by atoms with Crippen LogP contribution in [-0.2, 0) is 11.8 Å². The molecule has 1 aliphatic rings. The Labute approximate surface area is 121 Å². The van der Waals surface area contributed by atoms with Crippen LogP contribution in [0.3, 0.4) is 0 Å². The molecule has 7 nitrogen and oxygen atoms in total. The van der Waals surface area contributed by atoms with E-state index in [1.54, 1.807) is 27.9 Å². The quantitative estimate of drug-likeness (QED) is 0.904. The number of hydrogen-bond donors (Lipinski definition) is 1. The zero-order valence-electron chi connectivity index (χ0n) is 11.5. The number of hydrogen-bond acceptors (Lipinski definition) is 5. The van der Waals surface area contributed by atoms with Gasteiger partial charge in [0.05, 0.1) is 17.4 Å². The summed E-state index contributed by atoms with van der Waals surface area (Å²) in [7, 11) is 1.82. The first-order valence-corrected chi connectivity index (χ1v) is 6.60. The Morgan fingerprint density at radius 3 is 2.90 bits per heavy atom. The summed E-state index contributed by atoms with van der Waals surface area (Å²) in [4.78, 5) is 18.2. The number of nitrogens with one attached hydrogen (secondary N) is 1.